The zero-order chi connectivity index (χ0) is 28.3. The van der Waals surface area contributed by atoms with Crippen LogP contribution >= 0.6 is 20.2 Å². The zero-order valence-electron chi connectivity index (χ0n) is 15.9. The maximum absolute atomic E-state index is 14.5. The third-order valence-corrected chi connectivity index (χ3v) is 10.9. The summed E-state index contributed by atoms with van der Waals surface area (Å²) in [7, 11) is -7.34. The second-order valence-electron chi connectivity index (χ2n) is 6.30. The van der Waals surface area contributed by atoms with E-state index >= 15 is 0 Å². The Kier molecular flexibility index (Phi) is 8.11. The molecule has 0 radical (unpaired) electrons. The molecular weight excluding hydrogens is 679 g/mol. The molecule has 0 aromatic heterocycles. The van der Waals surface area contributed by atoms with Crippen LogP contribution in [0, 0.1) is 10.5 Å². The van der Waals surface area contributed by atoms with Crippen LogP contribution in [0.5, 0.6) is 0 Å². The quantitative estimate of drug-likeness (QED) is 0.126. The number of alkyl halides is 17. The van der Waals surface area contributed by atoms with Gasteiger partial charge in [-0.1, -0.05) is 0 Å². The van der Waals surface area contributed by atoms with Crippen molar-refractivity contribution in [2.45, 2.75) is 46.2 Å². The molecular formula is C14H7F16IO3S. The van der Waals surface area contributed by atoms with E-state index in [1.54, 1.807) is 0 Å². The predicted molar refractivity (Wildman–Crippen MR) is 90.7 cm³/mol. The number of benzene rings is 1. The second-order valence-corrected chi connectivity index (χ2v) is 12.9. The number of hydrogen-bond donors (Lipinski definition) is 0. The summed E-state index contributed by atoms with van der Waals surface area (Å²) in [4.78, 5) is 0. The van der Waals surface area contributed by atoms with Crippen LogP contribution in [0.15, 0.2) is 24.3 Å². The molecule has 206 valence electrons. The first-order valence-corrected chi connectivity index (χ1v) is 12.3. The van der Waals surface area contributed by atoms with Crippen LogP contribution in [0.4, 0.5) is 70.2 Å². The van der Waals surface area contributed by atoms with Crippen molar-refractivity contribution in [3.8, 4) is 0 Å². The van der Waals surface area contributed by atoms with Crippen molar-refractivity contribution in [2.24, 2.45) is 0 Å². The van der Waals surface area contributed by atoms with E-state index in [2.05, 4.69) is 2.51 Å². The van der Waals surface area contributed by atoms with Crippen molar-refractivity contribution in [3.63, 3.8) is 0 Å². The molecule has 0 bridgehead atoms. The van der Waals surface area contributed by atoms with Crippen LogP contribution in [0.1, 0.15) is 5.56 Å². The summed E-state index contributed by atoms with van der Waals surface area (Å²) in [6, 6.07) is 1.53. The monoisotopic (exact) mass is 686 g/mol. The Morgan fingerprint density at radius 1 is 0.629 bits per heavy atom. The fraction of sp³-hybridized carbons (Fsp3) is 0.571. The van der Waals surface area contributed by atoms with Crippen molar-refractivity contribution in [1.82, 2.24) is 0 Å². The molecule has 0 spiro atoms. The first-order valence-electron chi connectivity index (χ1n) is 7.83. The van der Waals surface area contributed by atoms with Gasteiger partial charge in [-0.2, -0.15) is 0 Å². The SMILES string of the molecule is Cc1ccc(I(OS(=O)(=O)C(F)(F)F)C(F)(F)C(F)(F)C(F)(F)C(F)(F)C(F)(F)C(F)(F)F)cc1. The third-order valence-electron chi connectivity index (χ3n) is 3.75. The molecule has 3 nitrogen and oxygen atoms in total. The molecule has 0 aliphatic rings. The predicted octanol–water partition coefficient (Wildman–Crippen LogP) is 7.15. The van der Waals surface area contributed by atoms with E-state index < -0.39 is 73.2 Å². The molecule has 0 aliphatic heterocycles. The van der Waals surface area contributed by atoms with E-state index in [1.807, 2.05) is 0 Å². The molecule has 0 saturated heterocycles. The first-order chi connectivity index (χ1) is 15.1. The summed E-state index contributed by atoms with van der Waals surface area (Å²) in [5.74, 6) is -32.7. The summed E-state index contributed by atoms with van der Waals surface area (Å²) in [5, 5.41) is 0. The van der Waals surface area contributed by atoms with Crippen LogP contribution in [0.2, 0.25) is 0 Å². The van der Waals surface area contributed by atoms with Gasteiger partial charge in [-0.15, -0.1) is 0 Å². The van der Waals surface area contributed by atoms with E-state index in [0.717, 1.165) is 6.92 Å². The van der Waals surface area contributed by atoms with Crippen molar-refractivity contribution < 1.29 is 81.2 Å². The molecule has 0 heterocycles. The van der Waals surface area contributed by atoms with E-state index in [1.165, 1.54) is 0 Å². The average Bonchev–Trinajstić information content (AvgIpc) is 2.64. The van der Waals surface area contributed by atoms with Gasteiger partial charge in [0.05, 0.1) is 0 Å². The van der Waals surface area contributed by atoms with Gasteiger partial charge in [0, 0.05) is 0 Å². The van der Waals surface area contributed by atoms with Crippen molar-refractivity contribution in [1.29, 1.82) is 0 Å². The Hall–Kier alpha value is -1.26. The van der Waals surface area contributed by atoms with Crippen LogP contribution in [0.25, 0.3) is 0 Å². The van der Waals surface area contributed by atoms with Gasteiger partial charge >= 0.3 is 191 Å². The standard InChI is InChI=1S/C14H7F16IO3S/c1-6-2-4-7(5-3-6)31(34-35(32,33)14(28,29)30)13(26,27)11(21,22)9(17,18)8(15,16)10(19,20)12(23,24)25/h2-5H,1H3. The van der Waals surface area contributed by atoms with Gasteiger partial charge in [0.2, 0.25) is 0 Å². The van der Waals surface area contributed by atoms with E-state index in [4.69, 9.17) is 0 Å². The number of aryl methyl sites for hydroxylation is 1. The minimum absolute atomic E-state index is 0.0139. The minimum atomic E-state index is -8.33. The molecule has 0 aliphatic carbocycles. The molecule has 0 saturated carbocycles. The van der Waals surface area contributed by atoms with E-state index in [9.17, 15) is 78.7 Å². The molecule has 1 aromatic rings. The first kappa shape index (κ1) is 31.8. The maximum atomic E-state index is 14.5. The molecule has 0 amide bonds. The summed E-state index contributed by atoms with van der Waals surface area (Å²) in [6.07, 6.45) is -7.70. The molecule has 35 heavy (non-hydrogen) atoms. The van der Waals surface area contributed by atoms with E-state index in [-0.39, 0.29) is 17.7 Å². The van der Waals surface area contributed by atoms with Gasteiger partial charge in [0.1, 0.15) is 0 Å². The van der Waals surface area contributed by atoms with Crippen LogP contribution in [0.3, 0.4) is 0 Å². The van der Waals surface area contributed by atoms with Crippen molar-refractivity contribution >= 4 is 30.4 Å². The molecule has 21 heteroatoms. The zero-order valence-corrected chi connectivity index (χ0v) is 18.8. The summed E-state index contributed by atoms with van der Waals surface area (Å²) < 4.78 is 228. The molecule has 0 unspecified atom stereocenters. The van der Waals surface area contributed by atoms with Crippen LogP contribution in [-0.4, -0.2) is 47.7 Å². The normalized spacial score (nSPS) is 15.9. The van der Waals surface area contributed by atoms with Crippen LogP contribution in [-0.2, 0) is 12.6 Å². The van der Waals surface area contributed by atoms with E-state index in [0.29, 0.717) is 12.1 Å². The van der Waals surface area contributed by atoms with Gasteiger partial charge in [-0.05, 0) is 0 Å². The molecule has 0 fully saturated rings. The Morgan fingerprint density at radius 3 is 1.34 bits per heavy atom. The average molecular weight is 686 g/mol. The third kappa shape index (κ3) is 5.12. The molecule has 1 rings (SSSR count). The molecule has 1 aromatic carbocycles. The Labute approximate surface area is 191 Å². The van der Waals surface area contributed by atoms with Crippen molar-refractivity contribution in [2.75, 3.05) is 0 Å². The Bertz CT molecular complexity index is 1010. The summed E-state index contributed by atoms with van der Waals surface area (Å²) in [6.45, 7) is 1.14. The van der Waals surface area contributed by atoms with Gasteiger partial charge in [-0.25, -0.2) is 0 Å². The van der Waals surface area contributed by atoms with Crippen molar-refractivity contribution in [3.05, 3.63) is 33.4 Å². The number of halogens is 17. The van der Waals surface area contributed by atoms with Gasteiger partial charge in [0.25, 0.3) is 0 Å². The fourth-order valence-electron chi connectivity index (χ4n) is 1.84. The number of rotatable bonds is 8. The summed E-state index contributed by atoms with van der Waals surface area (Å²) in [5.41, 5.74) is -6.64. The Morgan fingerprint density at radius 2 is 1.00 bits per heavy atom. The van der Waals surface area contributed by atoms with Gasteiger partial charge in [0.15, 0.2) is 0 Å². The molecule has 0 N–H and O–H groups in total. The topological polar surface area (TPSA) is 43.4 Å². The number of hydrogen-bond acceptors (Lipinski definition) is 3. The molecule has 0 atom stereocenters. The van der Waals surface area contributed by atoms with Crippen LogP contribution < -0.4 is 0 Å². The Balaban J connectivity index is 3.85. The fourth-order valence-corrected chi connectivity index (χ4v) is 8.31. The second kappa shape index (κ2) is 8.94. The van der Waals surface area contributed by atoms with Gasteiger partial charge < -0.3 is 0 Å². The van der Waals surface area contributed by atoms with Gasteiger partial charge in [-0.3, -0.25) is 0 Å². The summed E-state index contributed by atoms with van der Waals surface area (Å²) >= 11 is -6.91.